The summed E-state index contributed by atoms with van der Waals surface area (Å²) in [5.74, 6) is 0.190. The van der Waals surface area contributed by atoms with Crippen LogP contribution in [0.15, 0.2) is 70.9 Å². The van der Waals surface area contributed by atoms with Gasteiger partial charge in [-0.1, -0.05) is 23.7 Å². The van der Waals surface area contributed by atoms with Gasteiger partial charge in [-0.3, -0.25) is 4.79 Å². The predicted molar refractivity (Wildman–Crippen MR) is 111 cm³/mol. The smallest absolute Gasteiger partial charge is 0.251 e. The third kappa shape index (κ3) is 4.55. The number of nitrogens with one attached hydrogen (secondary N) is 1. The van der Waals surface area contributed by atoms with E-state index in [-0.39, 0.29) is 17.3 Å². The Hall–Kier alpha value is -2.35. The minimum absolute atomic E-state index is 0.0553. The fraction of sp³-hybridized carbons (Fsp3) is 0.150. The number of benzene rings is 2. The van der Waals surface area contributed by atoms with Crippen LogP contribution in [-0.4, -0.2) is 28.0 Å². The van der Waals surface area contributed by atoms with Gasteiger partial charge < -0.3 is 10.1 Å². The first kappa shape index (κ1) is 20.4. The molecule has 1 aromatic heterocycles. The molecule has 0 aliphatic heterocycles. The number of hydrogen-bond donors (Lipinski definition) is 1. The van der Waals surface area contributed by atoms with Crippen LogP contribution in [0.25, 0.3) is 0 Å². The van der Waals surface area contributed by atoms with E-state index >= 15 is 0 Å². The van der Waals surface area contributed by atoms with Gasteiger partial charge >= 0.3 is 0 Å². The van der Waals surface area contributed by atoms with Gasteiger partial charge in [0.2, 0.25) is 0 Å². The summed E-state index contributed by atoms with van der Waals surface area (Å²) in [5.41, 5.74) is 0.374. The van der Waals surface area contributed by atoms with Crippen LogP contribution in [0.2, 0.25) is 5.02 Å². The minimum atomic E-state index is -3.72. The van der Waals surface area contributed by atoms with Crippen LogP contribution >= 0.6 is 22.9 Å². The maximum atomic E-state index is 13.2. The average molecular weight is 436 g/mol. The highest BCUT2D eigenvalue weighted by Gasteiger charge is 2.30. The lowest BCUT2D eigenvalue weighted by Crippen LogP contribution is -2.31. The predicted octanol–water partition coefficient (Wildman–Crippen LogP) is 4.36. The van der Waals surface area contributed by atoms with Crippen molar-refractivity contribution in [2.75, 3.05) is 13.7 Å². The van der Waals surface area contributed by atoms with Crippen molar-refractivity contribution in [2.45, 2.75) is 10.1 Å². The molecule has 0 saturated heterocycles. The zero-order chi connectivity index (χ0) is 20.1. The molecule has 0 fully saturated rings. The summed E-state index contributed by atoms with van der Waals surface area (Å²) in [4.78, 5) is 13.3. The molecular weight excluding hydrogens is 418 g/mol. The molecular formula is C20H18ClNO4S2. The molecule has 2 aromatic carbocycles. The topological polar surface area (TPSA) is 72.5 Å². The lowest BCUT2D eigenvalue weighted by Gasteiger charge is -2.18. The number of hydrogen-bond acceptors (Lipinski definition) is 5. The van der Waals surface area contributed by atoms with Gasteiger partial charge in [0.05, 0.1) is 12.0 Å². The van der Waals surface area contributed by atoms with Gasteiger partial charge in [0.25, 0.3) is 5.91 Å². The Labute approximate surface area is 172 Å². The van der Waals surface area contributed by atoms with Crippen LogP contribution in [-0.2, 0) is 9.84 Å². The number of thiophene rings is 1. The number of carbonyl (C=O) groups excluding carboxylic acids is 1. The van der Waals surface area contributed by atoms with Crippen molar-refractivity contribution < 1.29 is 17.9 Å². The van der Waals surface area contributed by atoms with Gasteiger partial charge in [0, 0.05) is 22.0 Å². The first-order chi connectivity index (χ1) is 13.4. The van der Waals surface area contributed by atoms with Crippen molar-refractivity contribution in [1.82, 2.24) is 5.32 Å². The molecule has 0 saturated carbocycles. The maximum Gasteiger partial charge on any atom is 0.251 e. The van der Waals surface area contributed by atoms with Crippen molar-refractivity contribution in [3.05, 3.63) is 81.5 Å². The monoisotopic (exact) mass is 435 g/mol. The van der Waals surface area contributed by atoms with Crippen LogP contribution in [0.5, 0.6) is 5.75 Å². The lowest BCUT2D eigenvalue weighted by atomic mass is 10.2. The Balaban J connectivity index is 1.86. The molecule has 8 heteroatoms. The Kier molecular flexibility index (Phi) is 6.39. The lowest BCUT2D eigenvalue weighted by molar-refractivity contribution is 0.0953. The third-order valence-corrected chi connectivity index (χ3v) is 7.63. The van der Waals surface area contributed by atoms with E-state index in [0.29, 0.717) is 21.2 Å². The molecule has 0 unspecified atom stereocenters. The number of sulfone groups is 1. The van der Waals surface area contributed by atoms with Gasteiger partial charge in [0.15, 0.2) is 9.84 Å². The van der Waals surface area contributed by atoms with Gasteiger partial charge in [0.1, 0.15) is 11.0 Å². The SMILES string of the molecule is COc1ccc(S(=O)(=O)[C@H](CNC(=O)c2cccc(Cl)c2)c2cccs2)cc1. The first-order valence-corrected chi connectivity index (χ1v) is 11.2. The fourth-order valence-corrected chi connectivity index (χ4v) is 5.66. The van der Waals surface area contributed by atoms with Crippen LogP contribution in [0.3, 0.4) is 0 Å². The largest absolute Gasteiger partial charge is 0.497 e. The highest BCUT2D eigenvalue weighted by Crippen LogP contribution is 2.32. The number of carbonyl (C=O) groups is 1. The Morgan fingerprint density at radius 3 is 2.50 bits per heavy atom. The van der Waals surface area contributed by atoms with Crippen molar-refractivity contribution in [3.63, 3.8) is 0 Å². The summed E-state index contributed by atoms with van der Waals surface area (Å²) in [7, 11) is -2.20. The molecule has 0 radical (unpaired) electrons. The second-order valence-electron chi connectivity index (χ2n) is 5.94. The second-order valence-corrected chi connectivity index (χ2v) is 9.49. The van der Waals surface area contributed by atoms with Crippen molar-refractivity contribution in [3.8, 4) is 5.75 Å². The van der Waals surface area contributed by atoms with E-state index in [4.69, 9.17) is 16.3 Å². The third-order valence-electron chi connectivity index (χ3n) is 4.16. The number of rotatable bonds is 7. The number of halogens is 1. The van der Waals surface area contributed by atoms with E-state index < -0.39 is 15.1 Å². The zero-order valence-electron chi connectivity index (χ0n) is 15.0. The van der Waals surface area contributed by atoms with Gasteiger partial charge in [-0.05, 0) is 53.9 Å². The molecule has 0 aliphatic rings. The molecule has 28 heavy (non-hydrogen) atoms. The molecule has 1 N–H and O–H groups in total. The van der Waals surface area contributed by atoms with E-state index in [1.165, 1.54) is 36.6 Å². The van der Waals surface area contributed by atoms with Crippen LogP contribution in [0.4, 0.5) is 0 Å². The number of methoxy groups -OCH3 is 1. The number of ether oxygens (including phenoxy) is 1. The Bertz CT molecular complexity index is 1050. The van der Waals surface area contributed by atoms with Crippen molar-refractivity contribution >= 4 is 38.7 Å². The maximum absolute atomic E-state index is 13.2. The molecule has 3 aromatic rings. The summed E-state index contributed by atoms with van der Waals surface area (Å²) >= 11 is 7.26. The zero-order valence-corrected chi connectivity index (χ0v) is 17.4. The van der Waals surface area contributed by atoms with Gasteiger partial charge in [-0.25, -0.2) is 8.42 Å². The summed E-state index contributed by atoms with van der Waals surface area (Å²) in [6.45, 7) is -0.0553. The van der Waals surface area contributed by atoms with E-state index in [2.05, 4.69) is 5.32 Å². The average Bonchev–Trinajstić information content (AvgIpc) is 3.22. The normalized spacial score (nSPS) is 12.4. The van der Waals surface area contributed by atoms with E-state index in [9.17, 15) is 13.2 Å². The van der Waals surface area contributed by atoms with E-state index in [1.54, 1.807) is 42.5 Å². The highest BCUT2D eigenvalue weighted by atomic mass is 35.5. The van der Waals surface area contributed by atoms with Crippen LogP contribution in [0, 0.1) is 0 Å². The van der Waals surface area contributed by atoms with Gasteiger partial charge in [-0.2, -0.15) is 0 Å². The molecule has 1 amide bonds. The van der Waals surface area contributed by atoms with Crippen LogP contribution < -0.4 is 10.1 Å². The Morgan fingerprint density at radius 2 is 1.89 bits per heavy atom. The Morgan fingerprint density at radius 1 is 1.14 bits per heavy atom. The van der Waals surface area contributed by atoms with E-state index in [0.717, 1.165) is 0 Å². The van der Waals surface area contributed by atoms with Crippen molar-refractivity contribution in [1.29, 1.82) is 0 Å². The molecule has 1 heterocycles. The standard InChI is InChI=1S/C20H18ClNO4S2/c1-26-16-7-9-17(10-8-16)28(24,25)19(18-6-3-11-27-18)13-22-20(23)14-4-2-5-15(21)12-14/h2-12,19H,13H2,1H3,(H,22,23)/t19-/m1/s1. The van der Waals surface area contributed by atoms with Crippen LogP contribution in [0.1, 0.15) is 20.5 Å². The molecule has 0 aliphatic carbocycles. The van der Waals surface area contributed by atoms with Crippen molar-refractivity contribution in [2.24, 2.45) is 0 Å². The molecule has 3 rings (SSSR count). The minimum Gasteiger partial charge on any atom is -0.497 e. The first-order valence-electron chi connectivity index (χ1n) is 8.37. The molecule has 5 nitrogen and oxygen atoms in total. The fourth-order valence-electron chi connectivity index (χ4n) is 2.68. The highest BCUT2D eigenvalue weighted by molar-refractivity contribution is 7.91. The summed E-state index contributed by atoms with van der Waals surface area (Å²) in [6, 6.07) is 16.3. The molecule has 0 spiro atoms. The second kappa shape index (κ2) is 8.77. The molecule has 1 atom stereocenters. The van der Waals surface area contributed by atoms with Gasteiger partial charge in [-0.15, -0.1) is 11.3 Å². The summed E-state index contributed by atoms with van der Waals surface area (Å²) in [6.07, 6.45) is 0. The van der Waals surface area contributed by atoms with E-state index in [1.807, 2.05) is 5.38 Å². The molecule has 146 valence electrons. The quantitative estimate of drug-likeness (QED) is 0.598. The summed E-state index contributed by atoms with van der Waals surface area (Å²) < 4.78 is 31.5. The number of amides is 1. The molecule has 0 bridgehead atoms. The summed E-state index contributed by atoms with van der Waals surface area (Å²) in [5, 5.41) is 4.07.